The van der Waals surface area contributed by atoms with Crippen LogP contribution in [-0.2, 0) is 17.5 Å². The van der Waals surface area contributed by atoms with Gasteiger partial charge < -0.3 is 9.73 Å². The summed E-state index contributed by atoms with van der Waals surface area (Å²) in [6, 6.07) is 6.66. The number of anilines is 1. The molecule has 0 unspecified atom stereocenters. The summed E-state index contributed by atoms with van der Waals surface area (Å²) in [4.78, 5) is 12.4. The average molecular weight is 432 g/mol. The number of nitrogens with one attached hydrogen (secondary N) is 1. The van der Waals surface area contributed by atoms with Gasteiger partial charge >= 0.3 is 6.18 Å². The second-order valence-corrected chi connectivity index (χ2v) is 7.36. The Hall–Kier alpha value is -2.53. The van der Waals surface area contributed by atoms with Crippen LogP contribution in [0.3, 0.4) is 0 Å². The highest BCUT2D eigenvalue weighted by Gasteiger charge is 2.33. The number of aromatic nitrogens is 4. The third-order valence-corrected chi connectivity index (χ3v) is 4.98. The summed E-state index contributed by atoms with van der Waals surface area (Å²) in [5, 5.41) is 13.0. The van der Waals surface area contributed by atoms with E-state index in [0.29, 0.717) is 10.9 Å². The zero-order valence-electron chi connectivity index (χ0n) is 14.3. The minimum atomic E-state index is -4.62. The molecular weight excluding hydrogens is 419 g/mol. The molecule has 3 rings (SSSR count). The summed E-state index contributed by atoms with van der Waals surface area (Å²) in [5.41, 5.74) is -1.03. The zero-order chi connectivity index (χ0) is 20.3. The lowest BCUT2D eigenvalue weighted by Gasteiger charge is -2.14. The van der Waals surface area contributed by atoms with Gasteiger partial charge in [0.15, 0.2) is 0 Å². The second-order valence-electron chi connectivity index (χ2n) is 5.64. The number of amides is 1. The predicted molar refractivity (Wildman–Crippen MR) is 96.0 cm³/mol. The minimum absolute atomic E-state index is 0.00986. The van der Waals surface area contributed by atoms with Crippen molar-refractivity contribution in [3.63, 3.8) is 0 Å². The Labute approximate surface area is 166 Å². The molecule has 0 aliphatic rings. The lowest BCUT2D eigenvalue weighted by molar-refractivity contribution is -0.137. The molecule has 0 saturated heterocycles. The first-order chi connectivity index (χ1) is 13.2. The number of hydrogen-bond donors (Lipinski definition) is 1. The van der Waals surface area contributed by atoms with Crippen molar-refractivity contribution < 1.29 is 22.4 Å². The van der Waals surface area contributed by atoms with Gasteiger partial charge in [-0.3, -0.25) is 4.79 Å². The van der Waals surface area contributed by atoms with Gasteiger partial charge in [0.1, 0.15) is 12.3 Å². The molecule has 1 N–H and O–H groups in total. The molecule has 7 nitrogen and oxygen atoms in total. The standard InChI is InChI=1S/C16H13ClF3N5O2S/c1-9(28-15-22-23-24-25(15)8-11-3-2-6-27-11)14(26)21-10-4-5-13(17)12(7-10)16(18,19)20/h2-7,9H,8H2,1H3,(H,21,26)/t9-/m1/s1. The lowest BCUT2D eigenvalue weighted by atomic mass is 10.2. The highest BCUT2D eigenvalue weighted by atomic mass is 35.5. The van der Waals surface area contributed by atoms with Crippen molar-refractivity contribution in [2.75, 3.05) is 5.32 Å². The molecule has 3 aromatic rings. The third-order valence-electron chi connectivity index (χ3n) is 3.58. The van der Waals surface area contributed by atoms with Gasteiger partial charge in [-0.2, -0.15) is 13.2 Å². The van der Waals surface area contributed by atoms with Gasteiger partial charge in [-0.15, -0.1) is 5.10 Å². The Balaban J connectivity index is 1.67. The maximum absolute atomic E-state index is 12.9. The number of thioether (sulfide) groups is 1. The van der Waals surface area contributed by atoms with Crippen molar-refractivity contribution in [1.29, 1.82) is 0 Å². The molecule has 28 heavy (non-hydrogen) atoms. The van der Waals surface area contributed by atoms with Crippen molar-refractivity contribution >= 4 is 35.0 Å². The molecule has 2 aromatic heterocycles. The monoisotopic (exact) mass is 431 g/mol. The summed E-state index contributed by atoms with van der Waals surface area (Å²) in [6.45, 7) is 1.87. The van der Waals surface area contributed by atoms with Crippen LogP contribution in [0.25, 0.3) is 0 Å². The molecule has 1 atom stereocenters. The Morgan fingerprint density at radius 2 is 2.18 bits per heavy atom. The van der Waals surface area contributed by atoms with Crippen LogP contribution in [0.1, 0.15) is 18.2 Å². The van der Waals surface area contributed by atoms with Gasteiger partial charge in [0.05, 0.1) is 22.1 Å². The van der Waals surface area contributed by atoms with E-state index in [9.17, 15) is 18.0 Å². The van der Waals surface area contributed by atoms with Crippen LogP contribution in [0, 0.1) is 0 Å². The SMILES string of the molecule is C[C@@H](Sc1nnnn1Cc1ccco1)C(=O)Nc1ccc(Cl)c(C(F)(F)F)c1. The van der Waals surface area contributed by atoms with Gasteiger partial charge in [0.25, 0.3) is 0 Å². The molecule has 2 heterocycles. The van der Waals surface area contributed by atoms with Crippen LogP contribution in [0.4, 0.5) is 18.9 Å². The summed E-state index contributed by atoms with van der Waals surface area (Å²) in [5.74, 6) is 0.125. The highest BCUT2D eigenvalue weighted by molar-refractivity contribution is 8.00. The Bertz CT molecular complexity index is 962. The van der Waals surface area contributed by atoms with Gasteiger partial charge in [-0.05, 0) is 47.7 Å². The van der Waals surface area contributed by atoms with Gasteiger partial charge in [0.2, 0.25) is 11.1 Å². The van der Waals surface area contributed by atoms with Crippen LogP contribution in [-0.4, -0.2) is 31.4 Å². The summed E-state index contributed by atoms with van der Waals surface area (Å²) < 4.78 is 45.5. The number of nitrogens with zero attached hydrogens (tertiary/aromatic N) is 4. The summed E-state index contributed by atoms with van der Waals surface area (Å²) in [6.07, 6.45) is -3.10. The fraction of sp³-hybridized carbons (Fsp3) is 0.250. The van der Waals surface area contributed by atoms with E-state index < -0.39 is 27.9 Å². The van der Waals surface area contributed by atoms with Crippen LogP contribution in [0.15, 0.2) is 46.2 Å². The van der Waals surface area contributed by atoms with Crippen molar-refractivity contribution in [2.24, 2.45) is 0 Å². The molecule has 0 bridgehead atoms. The first-order valence-electron chi connectivity index (χ1n) is 7.87. The largest absolute Gasteiger partial charge is 0.467 e. The number of carbonyl (C=O) groups excluding carboxylic acids is 1. The summed E-state index contributed by atoms with van der Waals surface area (Å²) >= 11 is 6.64. The lowest BCUT2D eigenvalue weighted by Crippen LogP contribution is -2.23. The number of rotatable bonds is 6. The first kappa shape index (κ1) is 20.2. The van der Waals surface area contributed by atoms with Crippen LogP contribution in [0.2, 0.25) is 5.02 Å². The zero-order valence-corrected chi connectivity index (χ0v) is 15.8. The molecule has 0 radical (unpaired) electrons. The van der Waals surface area contributed by atoms with E-state index in [0.717, 1.165) is 23.9 Å². The summed E-state index contributed by atoms with van der Waals surface area (Å²) in [7, 11) is 0. The Morgan fingerprint density at radius 3 is 2.86 bits per heavy atom. The van der Waals surface area contributed by atoms with E-state index in [1.165, 1.54) is 17.0 Å². The maximum atomic E-state index is 12.9. The number of halogens is 4. The molecule has 0 spiro atoms. The smallest absolute Gasteiger partial charge is 0.417 e. The maximum Gasteiger partial charge on any atom is 0.417 e. The van der Waals surface area contributed by atoms with Crippen LogP contribution in [0.5, 0.6) is 0 Å². The Kier molecular flexibility index (Phi) is 5.94. The normalized spacial score (nSPS) is 12.8. The average Bonchev–Trinajstić information content (AvgIpc) is 3.28. The van der Waals surface area contributed by atoms with E-state index in [1.807, 2.05) is 0 Å². The molecule has 0 aliphatic carbocycles. The van der Waals surface area contributed by atoms with E-state index in [2.05, 4.69) is 20.8 Å². The second kappa shape index (κ2) is 8.23. The topological polar surface area (TPSA) is 85.8 Å². The molecule has 0 saturated carbocycles. The van der Waals surface area contributed by atoms with Crippen molar-refractivity contribution in [1.82, 2.24) is 20.2 Å². The van der Waals surface area contributed by atoms with E-state index in [4.69, 9.17) is 16.0 Å². The van der Waals surface area contributed by atoms with Gasteiger partial charge in [0, 0.05) is 5.69 Å². The molecule has 148 valence electrons. The van der Waals surface area contributed by atoms with Crippen LogP contribution >= 0.6 is 23.4 Å². The minimum Gasteiger partial charge on any atom is -0.467 e. The van der Waals surface area contributed by atoms with Gasteiger partial charge in [-0.1, -0.05) is 23.4 Å². The number of furan rings is 1. The molecule has 12 heteroatoms. The molecule has 0 fully saturated rings. The van der Waals surface area contributed by atoms with Crippen molar-refractivity contribution in [3.8, 4) is 0 Å². The fourth-order valence-electron chi connectivity index (χ4n) is 2.21. The molecule has 1 aromatic carbocycles. The fourth-order valence-corrected chi connectivity index (χ4v) is 3.22. The highest BCUT2D eigenvalue weighted by Crippen LogP contribution is 2.36. The van der Waals surface area contributed by atoms with Crippen LogP contribution < -0.4 is 5.32 Å². The molecule has 0 aliphatic heterocycles. The van der Waals surface area contributed by atoms with Crippen molar-refractivity contribution in [2.45, 2.75) is 30.1 Å². The number of carbonyl (C=O) groups is 1. The van der Waals surface area contributed by atoms with Crippen molar-refractivity contribution in [3.05, 3.63) is 52.9 Å². The number of alkyl halides is 3. The number of tetrazole rings is 1. The van der Waals surface area contributed by atoms with Gasteiger partial charge in [-0.25, -0.2) is 4.68 Å². The molecule has 1 amide bonds. The number of hydrogen-bond acceptors (Lipinski definition) is 6. The van der Waals surface area contributed by atoms with E-state index >= 15 is 0 Å². The third kappa shape index (κ3) is 4.84. The van der Waals surface area contributed by atoms with E-state index in [1.54, 1.807) is 19.1 Å². The Morgan fingerprint density at radius 1 is 1.39 bits per heavy atom. The van der Waals surface area contributed by atoms with E-state index in [-0.39, 0.29) is 12.2 Å². The quantitative estimate of drug-likeness (QED) is 0.591. The number of benzene rings is 1. The predicted octanol–water partition coefficient (Wildman–Crippen LogP) is 4.11. The first-order valence-corrected chi connectivity index (χ1v) is 9.12. The molecular formula is C16H13ClF3N5O2S.